The van der Waals surface area contributed by atoms with E-state index in [1.54, 1.807) is 0 Å². The molecule has 2 saturated heterocycles. The van der Waals surface area contributed by atoms with Crippen LogP contribution in [0.1, 0.15) is 119 Å². The highest BCUT2D eigenvalue weighted by Gasteiger charge is 2.37. The molecule has 2 aliphatic heterocycles. The number of anilines is 1. The number of rotatable bonds is 20. The zero-order chi connectivity index (χ0) is 35.1. The molecule has 0 aliphatic carbocycles. The first-order valence-corrected chi connectivity index (χ1v) is 19.7. The van der Waals surface area contributed by atoms with Crippen LogP contribution in [-0.4, -0.2) is 93.0 Å². The zero-order valence-corrected chi connectivity index (χ0v) is 31.6. The van der Waals surface area contributed by atoms with E-state index < -0.39 is 5.54 Å². The van der Waals surface area contributed by atoms with Crippen LogP contribution in [0.2, 0.25) is 0 Å². The molecule has 3 atom stereocenters. The van der Waals surface area contributed by atoms with Crippen molar-refractivity contribution in [3.63, 3.8) is 0 Å². The molecule has 2 aromatic rings. The lowest BCUT2D eigenvalue weighted by atomic mass is 9.80. The first-order chi connectivity index (χ1) is 23.8. The van der Waals surface area contributed by atoms with Crippen LogP contribution in [0, 0.1) is 5.92 Å². The van der Waals surface area contributed by atoms with Crippen molar-refractivity contribution >= 4 is 17.4 Å². The van der Waals surface area contributed by atoms with Gasteiger partial charge >= 0.3 is 0 Å². The fourth-order valence-corrected chi connectivity index (χ4v) is 7.47. The Hall–Kier alpha value is -2.74. The van der Waals surface area contributed by atoms with E-state index >= 15 is 0 Å². The van der Waals surface area contributed by atoms with E-state index in [4.69, 9.17) is 0 Å². The van der Waals surface area contributed by atoms with Gasteiger partial charge in [-0.25, -0.2) is 0 Å². The molecular weight excluding hydrogens is 606 g/mol. The molecule has 2 aromatic carbocycles. The van der Waals surface area contributed by atoms with Crippen molar-refractivity contribution in [1.82, 2.24) is 20.4 Å². The van der Waals surface area contributed by atoms with Crippen molar-refractivity contribution in [1.29, 1.82) is 0 Å². The van der Waals surface area contributed by atoms with E-state index in [-0.39, 0.29) is 17.6 Å². The number of piperazine rings is 2. The van der Waals surface area contributed by atoms with Crippen LogP contribution in [0.25, 0.3) is 0 Å². The summed E-state index contributed by atoms with van der Waals surface area (Å²) in [4.78, 5) is 34.5. The Morgan fingerprint density at radius 2 is 1.41 bits per heavy atom. The van der Waals surface area contributed by atoms with Crippen LogP contribution in [-0.2, 0) is 11.2 Å². The molecule has 3 unspecified atom stereocenters. The number of hydrogen-bond acceptors (Lipinski definition) is 6. The summed E-state index contributed by atoms with van der Waals surface area (Å²) in [5.74, 6) is 0.682. The molecule has 2 fully saturated rings. The second-order valence-corrected chi connectivity index (χ2v) is 15.1. The molecule has 49 heavy (non-hydrogen) atoms. The molecule has 0 aromatic heterocycles. The molecule has 272 valence electrons. The van der Waals surface area contributed by atoms with Crippen molar-refractivity contribution in [2.24, 2.45) is 5.92 Å². The molecule has 0 bridgehead atoms. The van der Waals surface area contributed by atoms with E-state index in [0.717, 1.165) is 75.6 Å². The van der Waals surface area contributed by atoms with Crippen LogP contribution in [0.5, 0.6) is 0 Å². The first-order valence-electron chi connectivity index (χ1n) is 19.7. The number of carbonyl (C=O) groups excluding carboxylic acids is 2. The Bertz CT molecular complexity index is 1250. The monoisotopic (exact) mass is 674 g/mol. The molecule has 1 amide bonds. The van der Waals surface area contributed by atoms with Gasteiger partial charge in [0.25, 0.3) is 0 Å². The number of carbonyl (C=O) groups is 2. The lowest BCUT2D eigenvalue weighted by Gasteiger charge is -2.35. The molecular formula is C42H67N5O2. The number of nitrogens with zero attached hydrogens (tertiary/aromatic N) is 3. The van der Waals surface area contributed by atoms with Gasteiger partial charge in [0, 0.05) is 63.6 Å². The number of Topliss-reactive ketones (excluding diaryl/α,β-unsaturated/α-hetero) is 1. The quantitative estimate of drug-likeness (QED) is 0.114. The van der Waals surface area contributed by atoms with Crippen LogP contribution < -0.4 is 15.5 Å². The molecule has 7 nitrogen and oxygen atoms in total. The lowest BCUT2D eigenvalue weighted by molar-refractivity contribution is -0.133. The Labute approximate surface area is 298 Å². The largest absolute Gasteiger partial charge is 0.369 e. The SMILES string of the molecule is CCCCCCCCCCC(C)CNC(CC)(Cc1ccc(C(C)C(=O)N2CCNCC2)cc1)C(=O)c1ccc(N2CCN(C)CC2)cc1. The lowest BCUT2D eigenvalue weighted by Crippen LogP contribution is -2.54. The first kappa shape index (κ1) is 39.1. The highest BCUT2D eigenvalue weighted by molar-refractivity contribution is 6.03. The van der Waals surface area contributed by atoms with Gasteiger partial charge in [-0.3, -0.25) is 9.59 Å². The van der Waals surface area contributed by atoms with Crippen molar-refractivity contribution in [2.45, 2.75) is 110 Å². The summed E-state index contributed by atoms with van der Waals surface area (Å²) in [5, 5.41) is 7.19. The number of amides is 1. The van der Waals surface area contributed by atoms with Crippen LogP contribution in [0.4, 0.5) is 5.69 Å². The molecule has 0 radical (unpaired) electrons. The predicted molar refractivity (Wildman–Crippen MR) is 206 cm³/mol. The van der Waals surface area contributed by atoms with Gasteiger partial charge in [0.2, 0.25) is 5.91 Å². The van der Waals surface area contributed by atoms with Crippen molar-refractivity contribution in [3.05, 3.63) is 65.2 Å². The maximum absolute atomic E-state index is 14.6. The molecule has 4 rings (SSSR count). The molecule has 2 aliphatic rings. The van der Waals surface area contributed by atoms with Crippen LogP contribution in [0.15, 0.2) is 48.5 Å². The number of hydrogen-bond donors (Lipinski definition) is 2. The smallest absolute Gasteiger partial charge is 0.229 e. The average molecular weight is 674 g/mol. The van der Waals surface area contributed by atoms with E-state index in [9.17, 15) is 9.59 Å². The summed E-state index contributed by atoms with van der Waals surface area (Å²) in [6.45, 7) is 17.0. The summed E-state index contributed by atoms with van der Waals surface area (Å²) in [5.41, 5.74) is 3.42. The second kappa shape index (κ2) is 20.2. The van der Waals surface area contributed by atoms with Gasteiger partial charge in [0.1, 0.15) is 0 Å². The molecule has 0 spiro atoms. The third kappa shape index (κ3) is 11.7. The summed E-state index contributed by atoms with van der Waals surface area (Å²) in [6.07, 6.45) is 13.2. The van der Waals surface area contributed by atoms with Crippen molar-refractivity contribution < 1.29 is 9.59 Å². The maximum Gasteiger partial charge on any atom is 0.229 e. The summed E-state index contributed by atoms with van der Waals surface area (Å²) in [7, 11) is 2.17. The Balaban J connectivity index is 1.44. The summed E-state index contributed by atoms with van der Waals surface area (Å²) >= 11 is 0. The standard InChI is InChI=1S/C42H67N5O2/c1-6-8-9-10-11-12-13-14-15-34(3)33-44-42(7-2,40(48)38-20-22-39(23-21-38)46-30-28-45(5)29-31-46)32-36-16-18-37(19-17-36)35(4)41(49)47-26-24-43-25-27-47/h16-23,34-35,43-44H,6-15,24-33H2,1-5H3. The zero-order valence-electron chi connectivity index (χ0n) is 31.6. The van der Waals surface area contributed by atoms with E-state index in [2.05, 4.69) is 84.7 Å². The van der Waals surface area contributed by atoms with Crippen molar-refractivity contribution in [3.8, 4) is 0 Å². The van der Waals surface area contributed by atoms with Crippen molar-refractivity contribution in [2.75, 3.05) is 70.9 Å². The van der Waals surface area contributed by atoms with Gasteiger partial charge in [-0.1, -0.05) is 96.4 Å². The fourth-order valence-electron chi connectivity index (χ4n) is 7.47. The van der Waals surface area contributed by atoms with Gasteiger partial charge in [-0.2, -0.15) is 0 Å². The third-order valence-corrected chi connectivity index (χ3v) is 11.2. The van der Waals surface area contributed by atoms with Gasteiger partial charge in [0.15, 0.2) is 5.78 Å². The van der Waals surface area contributed by atoms with Crippen LogP contribution >= 0.6 is 0 Å². The number of benzene rings is 2. The van der Waals surface area contributed by atoms with Crippen LogP contribution in [0.3, 0.4) is 0 Å². The van der Waals surface area contributed by atoms with E-state index in [0.29, 0.717) is 18.8 Å². The minimum Gasteiger partial charge on any atom is -0.369 e. The number of likely N-dealkylation sites (N-methyl/N-ethyl adjacent to an activating group) is 1. The molecule has 7 heteroatoms. The highest BCUT2D eigenvalue weighted by Crippen LogP contribution is 2.28. The third-order valence-electron chi connectivity index (χ3n) is 11.2. The molecule has 2 heterocycles. The highest BCUT2D eigenvalue weighted by atomic mass is 16.2. The van der Waals surface area contributed by atoms with Gasteiger partial charge < -0.3 is 25.3 Å². The minimum absolute atomic E-state index is 0.172. The van der Waals surface area contributed by atoms with E-state index in [1.807, 2.05) is 24.0 Å². The van der Waals surface area contributed by atoms with Gasteiger partial charge in [-0.15, -0.1) is 0 Å². The predicted octanol–water partition coefficient (Wildman–Crippen LogP) is 7.30. The molecule has 2 N–H and O–H groups in total. The second-order valence-electron chi connectivity index (χ2n) is 15.1. The summed E-state index contributed by atoms with van der Waals surface area (Å²) in [6, 6.07) is 16.8. The fraction of sp³-hybridized carbons (Fsp3) is 0.667. The Morgan fingerprint density at radius 1 is 0.796 bits per heavy atom. The van der Waals surface area contributed by atoms with E-state index in [1.165, 1.54) is 63.5 Å². The Morgan fingerprint density at radius 3 is 2.02 bits per heavy atom. The van der Waals surface area contributed by atoms with Gasteiger partial charge in [0.05, 0.1) is 11.5 Å². The minimum atomic E-state index is -0.702. The average Bonchev–Trinajstić information content (AvgIpc) is 3.14. The summed E-state index contributed by atoms with van der Waals surface area (Å²) < 4.78 is 0. The topological polar surface area (TPSA) is 67.9 Å². The number of unbranched alkanes of at least 4 members (excludes halogenated alkanes) is 7. The maximum atomic E-state index is 14.6. The Kier molecular flexibility index (Phi) is 16.1. The molecule has 0 saturated carbocycles. The number of nitrogens with one attached hydrogen (secondary N) is 2. The normalized spacial score (nSPS) is 18.2. The van der Waals surface area contributed by atoms with Gasteiger partial charge in [-0.05, 0) is 81.1 Å². The number of ketones is 1.